The van der Waals surface area contributed by atoms with E-state index in [9.17, 15) is 4.57 Å². The topological polar surface area (TPSA) is 66.8 Å². The first-order chi connectivity index (χ1) is 8.49. The second-order valence-corrected chi connectivity index (χ2v) is 7.45. The largest absolute Gasteiger partial charge is 0.470 e. The molecule has 0 heterocycles. The third-order valence-corrected chi connectivity index (χ3v) is 4.74. The molecular formula is C14H25O4P. The van der Waals surface area contributed by atoms with Crippen molar-refractivity contribution in [3.63, 3.8) is 0 Å². The van der Waals surface area contributed by atoms with Crippen LogP contribution < -0.4 is 0 Å². The molecule has 4 nitrogen and oxygen atoms in total. The van der Waals surface area contributed by atoms with Gasteiger partial charge in [0.25, 0.3) is 0 Å². The Morgan fingerprint density at radius 2 is 2.05 bits per heavy atom. The molecule has 0 spiro atoms. The lowest BCUT2D eigenvalue weighted by Crippen LogP contribution is -2.36. The Bertz CT molecular complexity index is 433. The molecule has 5 heteroatoms. The van der Waals surface area contributed by atoms with Gasteiger partial charge in [-0.05, 0) is 18.8 Å². The maximum Gasteiger partial charge on any atom is 0.470 e. The Labute approximate surface area is 115 Å². The highest BCUT2D eigenvalue weighted by atomic mass is 31.2. The van der Waals surface area contributed by atoms with Crippen LogP contribution >= 0.6 is 7.82 Å². The maximum absolute atomic E-state index is 11.1. The van der Waals surface area contributed by atoms with Crippen molar-refractivity contribution in [1.29, 1.82) is 0 Å². The summed E-state index contributed by atoms with van der Waals surface area (Å²) < 4.78 is 16.1. The van der Waals surface area contributed by atoms with Gasteiger partial charge in [-0.25, -0.2) is 4.57 Å². The van der Waals surface area contributed by atoms with Gasteiger partial charge in [0, 0.05) is 5.92 Å². The fraction of sp³-hybridized carbons (Fsp3) is 0.714. The lowest BCUT2D eigenvalue weighted by atomic mass is 9.73. The van der Waals surface area contributed by atoms with E-state index in [4.69, 9.17) is 14.3 Å². The summed E-state index contributed by atoms with van der Waals surface area (Å²) in [5.74, 6) is -0.0593. The van der Waals surface area contributed by atoms with E-state index in [1.807, 2.05) is 19.1 Å². The predicted molar refractivity (Wildman–Crippen MR) is 76.6 cm³/mol. The van der Waals surface area contributed by atoms with Gasteiger partial charge in [-0.15, -0.1) is 0 Å². The molecule has 0 saturated heterocycles. The van der Waals surface area contributed by atoms with Gasteiger partial charge in [0.1, 0.15) is 5.60 Å². The van der Waals surface area contributed by atoms with Crippen LogP contribution in [0.5, 0.6) is 0 Å². The normalized spacial score (nSPS) is 28.4. The van der Waals surface area contributed by atoms with Crippen LogP contribution in [0, 0.1) is 11.3 Å². The summed E-state index contributed by atoms with van der Waals surface area (Å²) in [6.45, 7) is 10.2. The van der Waals surface area contributed by atoms with Crippen molar-refractivity contribution in [3.05, 3.63) is 23.8 Å². The van der Waals surface area contributed by atoms with Gasteiger partial charge in [-0.1, -0.05) is 57.9 Å². The lowest BCUT2D eigenvalue weighted by molar-refractivity contribution is 0.0530. The van der Waals surface area contributed by atoms with E-state index in [0.29, 0.717) is 0 Å². The van der Waals surface area contributed by atoms with Crippen LogP contribution in [-0.4, -0.2) is 15.4 Å². The van der Waals surface area contributed by atoms with E-state index in [1.54, 1.807) is 13.0 Å². The van der Waals surface area contributed by atoms with Crippen molar-refractivity contribution in [3.8, 4) is 0 Å². The molecule has 0 aromatic rings. The molecule has 0 saturated carbocycles. The second kappa shape index (κ2) is 5.53. The smallest absolute Gasteiger partial charge is 0.303 e. The Hall–Kier alpha value is -0.410. The molecule has 1 rings (SSSR count). The Morgan fingerprint density at radius 3 is 2.53 bits per heavy atom. The van der Waals surface area contributed by atoms with Gasteiger partial charge < -0.3 is 9.79 Å². The SMILES string of the molecule is CCC(C)(C)CC1=CC=CC(C)(OP(=O)(O)O)C1C. The van der Waals surface area contributed by atoms with Gasteiger partial charge in [0.05, 0.1) is 0 Å². The molecule has 0 amide bonds. The van der Waals surface area contributed by atoms with E-state index in [0.717, 1.165) is 12.8 Å². The molecule has 1 aliphatic rings. The van der Waals surface area contributed by atoms with Crippen molar-refractivity contribution < 1.29 is 18.9 Å². The lowest BCUT2D eigenvalue weighted by Gasteiger charge is -2.38. The molecule has 1 aliphatic carbocycles. The summed E-state index contributed by atoms with van der Waals surface area (Å²) in [4.78, 5) is 18.1. The van der Waals surface area contributed by atoms with Crippen LogP contribution in [0.15, 0.2) is 23.8 Å². The van der Waals surface area contributed by atoms with E-state index in [2.05, 4.69) is 20.8 Å². The van der Waals surface area contributed by atoms with Crippen molar-refractivity contribution in [2.24, 2.45) is 11.3 Å². The third kappa shape index (κ3) is 4.57. The fourth-order valence-electron chi connectivity index (χ4n) is 2.27. The molecule has 2 N–H and O–H groups in total. The average Bonchev–Trinajstić information content (AvgIpc) is 2.22. The summed E-state index contributed by atoms with van der Waals surface area (Å²) in [7, 11) is -4.50. The zero-order valence-corrected chi connectivity index (χ0v) is 13.3. The van der Waals surface area contributed by atoms with Crippen molar-refractivity contribution >= 4 is 7.82 Å². The van der Waals surface area contributed by atoms with E-state index >= 15 is 0 Å². The van der Waals surface area contributed by atoms with Gasteiger partial charge in [-0.3, -0.25) is 4.52 Å². The first kappa shape index (κ1) is 16.6. The molecule has 2 atom stereocenters. The number of hydrogen-bond acceptors (Lipinski definition) is 2. The molecule has 0 bridgehead atoms. The Kier molecular flexibility index (Phi) is 4.84. The minimum atomic E-state index is -4.50. The number of phosphoric ester groups is 1. The minimum absolute atomic E-state index is 0.0593. The van der Waals surface area contributed by atoms with Crippen LogP contribution in [0.1, 0.15) is 47.5 Å². The highest BCUT2D eigenvalue weighted by Gasteiger charge is 2.40. The number of hydrogen-bond donors (Lipinski definition) is 2. The molecule has 19 heavy (non-hydrogen) atoms. The fourth-order valence-corrected chi connectivity index (χ4v) is 3.01. The molecule has 2 unspecified atom stereocenters. The molecular weight excluding hydrogens is 263 g/mol. The molecule has 110 valence electrons. The standard InChI is InChI=1S/C14H25O4P/c1-6-13(3,4)10-12-8-7-9-14(5,11(12)2)18-19(15,16)17/h7-9,11H,6,10H2,1-5H3,(H2,15,16,17). The number of phosphoric acid groups is 1. The van der Waals surface area contributed by atoms with Crippen LogP contribution in [0.25, 0.3) is 0 Å². The van der Waals surface area contributed by atoms with Gasteiger partial charge >= 0.3 is 7.82 Å². The molecule has 0 aromatic heterocycles. The molecule has 0 aromatic carbocycles. The third-order valence-electron chi connectivity index (χ3n) is 4.11. The van der Waals surface area contributed by atoms with Gasteiger partial charge in [0.15, 0.2) is 0 Å². The van der Waals surface area contributed by atoms with Crippen LogP contribution in [0.2, 0.25) is 0 Å². The monoisotopic (exact) mass is 288 g/mol. The van der Waals surface area contributed by atoms with Crippen molar-refractivity contribution in [2.45, 2.75) is 53.1 Å². The Balaban J connectivity index is 2.93. The van der Waals surface area contributed by atoms with Crippen LogP contribution in [0.3, 0.4) is 0 Å². The van der Waals surface area contributed by atoms with Crippen LogP contribution in [0.4, 0.5) is 0 Å². The van der Waals surface area contributed by atoms with E-state index in [-0.39, 0.29) is 11.3 Å². The first-order valence-electron chi connectivity index (χ1n) is 6.64. The van der Waals surface area contributed by atoms with Crippen LogP contribution in [-0.2, 0) is 9.09 Å². The molecule has 0 radical (unpaired) electrons. The zero-order chi connectivity index (χ0) is 14.9. The predicted octanol–water partition coefficient (Wildman–Crippen LogP) is 3.81. The summed E-state index contributed by atoms with van der Waals surface area (Å²) in [5.41, 5.74) is 0.395. The molecule has 0 aliphatic heterocycles. The maximum atomic E-state index is 11.1. The van der Waals surface area contributed by atoms with E-state index in [1.165, 1.54) is 5.57 Å². The minimum Gasteiger partial charge on any atom is -0.303 e. The number of rotatable bonds is 5. The highest BCUT2D eigenvalue weighted by molar-refractivity contribution is 7.46. The highest BCUT2D eigenvalue weighted by Crippen LogP contribution is 2.48. The summed E-state index contributed by atoms with van der Waals surface area (Å²) in [6, 6.07) is 0. The zero-order valence-electron chi connectivity index (χ0n) is 12.4. The van der Waals surface area contributed by atoms with E-state index < -0.39 is 13.4 Å². The summed E-state index contributed by atoms with van der Waals surface area (Å²) in [6.07, 6.45) is 7.54. The van der Waals surface area contributed by atoms with Crippen molar-refractivity contribution in [2.75, 3.05) is 0 Å². The summed E-state index contributed by atoms with van der Waals surface area (Å²) in [5, 5.41) is 0. The summed E-state index contributed by atoms with van der Waals surface area (Å²) >= 11 is 0. The average molecular weight is 288 g/mol. The molecule has 0 fully saturated rings. The first-order valence-corrected chi connectivity index (χ1v) is 8.17. The Morgan fingerprint density at radius 1 is 1.47 bits per heavy atom. The van der Waals surface area contributed by atoms with Crippen molar-refractivity contribution in [1.82, 2.24) is 0 Å². The number of allylic oxidation sites excluding steroid dienone is 2. The second-order valence-electron chi connectivity index (χ2n) is 6.28. The van der Waals surface area contributed by atoms with Gasteiger partial charge in [0.2, 0.25) is 0 Å². The van der Waals surface area contributed by atoms with Gasteiger partial charge in [-0.2, -0.15) is 0 Å². The quantitative estimate of drug-likeness (QED) is 0.755.